The molecule has 1 amide bonds. The minimum atomic E-state index is 0.316. The van der Waals surface area contributed by atoms with Crippen LogP contribution in [0.5, 0.6) is 0 Å². The van der Waals surface area contributed by atoms with Crippen LogP contribution >= 0.6 is 0 Å². The highest BCUT2D eigenvalue weighted by Gasteiger charge is 2.14. The number of nitrogens with one attached hydrogen (secondary N) is 1. The lowest BCUT2D eigenvalue weighted by molar-refractivity contribution is -0.131. The van der Waals surface area contributed by atoms with Gasteiger partial charge in [0.2, 0.25) is 5.91 Å². The van der Waals surface area contributed by atoms with Gasteiger partial charge in [0.15, 0.2) is 0 Å². The molecule has 1 heterocycles. The Morgan fingerprint density at radius 3 is 2.79 bits per heavy atom. The van der Waals surface area contributed by atoms with Crippen LogP contribution in [0.2, 0.25) is 0 Å². The summed E-state index contributed by atoms with van der Waals surface area (Å²) in [5, 5.41) is 3.33. The molecule has 3 heteroatoms. The molecule has 1 aromatic carbocycles. The fraction of sp³-hybridized carbons (Fsp3) is 0.562. The number of nitrogens with zero attached hydrogens (tertiary/aromatic N) is 1. The third-order valence-corrected chi connectivity index (χ3v) is 3.67. The number of benzene rings is 1. The van der Waals surface area contributed by atoms with Crippen LogP contribution in [0.4, 0.5) is 0 Å². The molecule has 3 nitrogen and oxygen atoms in total. The Labute approximate surface area is 116 Å². The molecular formula is C16H24N2O. The van der Waals surface area contributed by atoms with Gasteiger partial charge in [0.05, 0.1) is 0 Å². The van der Waals surface area contributed by atoms with Crippen LogP contribution in [0.15, 0.2) is 24.3 Å². The first-order valence-electron chi connectivity index (χ1n) is 7.30. The van der Waals surface area contributed by atoms with E-state index in [1.807, 2.05) is 4.90 Å². The molecule has 19 heavy (non-hydrogen) atoms. The lowest BCUT2D eigenvalue weighted by atomic mass is 10.1. The normalized spacial score (nSPS) is 16.2. The van der Waals surface area contributed by atoms with Crippen molar-refractivity contribution in [3.05, 3.63) is 35.4 Å². The average Bonchev–Trinajstić information content (AvgIpc) is 2.70. The monoisotopic (exact) mass is 260 g/mol. The van der Waals surface area contributed by atoms with Crippen LogP contribution in [0.1, 0.15) is 30.4 Å². The van der Waals surface area contributed by atoms with E-state index in [0.29, 0.717) is 12.3 Å². The first-order valence-corrected chi connectivity index (χ1v) is 7.30. The second-order valence-electron chi connectivity index (χ2n) is 5.32. The molecule has 0 spiro atoms. The van der Waals surface area contributed by atoms with E-state index in [9.17, 15) is 4.79 Å². The standard InChI is InChI=1S/C16H24N2O/c1-14-6-8-15(9-7-14)4-2-5-16(19)18-12-3-10-17-11-13-18/h6-9,17H,2-5,10-13H2,1H3. The first-order chi connectivity index (χ1) is 9.25. The topological polar surface area (TPSA) is 32.3 Å². The first kappa shape index (κ1) is 14.1. The molecule has 1 saturated heterocycles. The van der Waals surface area contributed by atoms with Crippen molar-refractivity contribution in [2.75, 3.05) is 26.2 Å². The zero-order chi connectivity index (χ0) is 13.5. The summed E-state index contributed by atoms with van der Waals surface area (Å²) >= 11 is 0. The van der Waals surface area contributed by atoms with Gasteiger partial charge in [-0.3, -0.25) is 4.79 Å². The lowest BCUT2D eigenvalue weighted by Crippen LogP contribution is -2.34. The molecule has 0 atom stereocenters. The third-order valence-electron chi connectivity index (χ3n) is 3.67. The number of aryl methyl sites for hydroxylation is 2. The van der Waals surface area contributed by atoms with Gasteiger partial charge in [-0.05, 0) is 38.3 Å². The minimum absolute atomic E-state index is 0.316. The van der Waals surface area contributed by atoms with E-state index in [0.717, 1.165) is 45.4 Å². The smallest absolute Gasteiger partial charge is 0.222 e. The Morgan fingerprint density at radius 2 is 2.00 bits per heavy atom. The summed E-state index contributed by atoms with van der Waals surface area (Å²) in [6.07, 6.45) is 3.70. The fourth-order valence-corrected chi connectivity index (χ4v) is 2.45. The molecule has 0 aliphatic carbocycles. The van der Waals surface area contributed by atoms with E-state index >= 15 is 0 Å². The Hall–Kier alpha value is -1.35. The Bertz CT molecular complexity index is 392. The maximum absolute atomic E-state index is 12.1. The van der Waals surface area contributed by atoms with E-state index in [-0.39, 0.29) is 0 Å². The molecule has 1 aromatic rings. The highest BCUT2D eigenvalue weighted by Crippen LogP contribution is 2.09. The van der Waals surface area contributed by atoms with Crippen molar-refractivity contribution in [2.24, 2.45) is 0 Å². The molecule has 0 saturated carbocycles. The maximum atomic E-state index is 12.1. The summed E-state index contributed by atoms with van der Waals surface area (Å²) in [6.45, 7) is 5.84. The van der Waals surface area contributed by atoms with Crippen LogP contribution in [-0.2, 0) is 11.2 Å². The van der Waals surface area contributed by atoms with E-state index in [1.165, 1.54) is 11.1 Å². The second-order valence-corrected chi connectivity index (χ2v) is 5.32. The molecule has 1 aliphatic rings. The maximum Gasteiger partial charge on any atom is 0.222 e. The van der Waals surface area contributed by atoms with Crippen LogP contribution in [0.3, 0.4) is 0 Å². The molecular weight excluding hydrogens is 236 g/mol. The summed E-state index contributed by atoms with van der Waals surface area (Å²) in [5.41, 5.74) is 2.62. The van der Waals surface area contributed by atoms with Gasteiger partial charge in [0, 0.05) is 26.1 Å². The predicted molar refractivity (Wildman–Crippen MR) is 78.2 cm³/mol. The van der Waals surface area contributed by atoms with E-state index < -0.39 is 0 Å². The van der Waals surface area contributed by atoms with Gasteiger partial charge >= 0.3 is 0 Å². The van der Waals surface area contributed by atoms with Gasteiger partial charge in [-0.2, -0.15) is 0 Å². The van der Waals surface area contributed by atoms with E-state index in [1.54, 1.807) is 0 Å². The van der Waals surface area contributed by atoms with Crippen LogP contribution in [0.25, 0.3) is 0 Å². The summed E-state index contributed by atoms with van der Waals surface area (Å²) in [5.74, 6) is 0.316. The van der Waals surface area contributed by atoms with Crippen molar-refractivity contribution in [1.82, 2.24) is 10.2 Å². The van der Waals surface area contributed by atoms with Crippen LogP contribution in [-0.4, -0.2) is 37.0 Å². The van der Waals surface area contributed by atoms with E-state index in [2.05, 4.69) is 36.5 Å². The zero-order valence-corrected chi connectivity index (χ0v) is 11.8. The Balaban J connectivity index is 1.72. The van der Waals surface area contributed by atoms with Crippen LogP contribution < -0.4 is 5.32 Å². The highest BCUT2D eigenvalue weighted by molar-refractivity contribution is 5.76. The molecule has 0 bridgehead atoms. The second kappa shape index (κ2) is 7.29. The zero-order valence-electron chi connectivity index (χ0n) is 11.8. The molecule has 2 rings (SSSR count). The van der Waals surface area contributed by atoms with Gasteiger partial charge < -0.3 is 10.2 Å². The summed E-state index contributed by atoms with van der Waals surface area (Å²) in [7, 11) is 0. The number of hydrogen-bond acceptors (Lipinski definition) is 2. The van der Waals surface area contributed by atoms with Gasteiger partial charge in [0.1, 0.15) is 0 Å². The van der Waals surface area contributed by atoms with Gasteiger partial charge in [0.25, 0.3) is 0 Å². The van der Waals surface area contributed by atoms with Crippen molar-refractivity contribution in [3.8, 4) is 0 Å². The SMILES string of the molecule is Cc1ccc(CCCC(=O)N2CCCNCC2)cc1. The lowest BCUT2D eigenvalue weighted by Gasteiger charge is -2.19. The summed E-state index contributed by atoms with van der Waals surface area (Å²) in [4.78, 5) is 14.1. The van der Waals surface area contributed by atoms with Crippen LogP contribution in [0, 0.1) is 6.92 Å². The number of amides is 1. The largest absolute Gasteiger partial charge is 0.341 e. The predicted octanol–water partition coefficient (Wildman–Crippen LogP) is 2.14. The molecule has 0 radical (unpaired) electrons. The minimum Gasteiger partial charge on any atom is -0.341 e. The number of hydrogen-bond donors (Lipinski definition) is 1. The molecule has 1 N–H and O–H groups in total. The number of rotatable bonds is 4. The van der Waals surface area contributed by atoms with Crippen molar-refractivity contribution in [1.29, 1.82) is 0 Å². The quantitative estimate of drug-likeness (QED) is 0.899. The van der Waals surface area contributed by atoms with Gasteiger partial charge in [-0.15, -0.1) is 0 Å². The average molecular weight is 260 g/mol. The van der Waals surface area contributed by atoms with Crippen molar-refractivity contribution < 1.29 is 4.79 Å². The van der Waals surface area contributed by atoms with E-state index in [4.69, 9.17) is 0 Å². The van der Waals surface area contributed by atoms with Crippen molar-refractivity contribution in [3.63, 3.8) is 0 Å². The number of carbonyl (C=O) groups is 1. The third kappa shape index (κ3) is 4.67. The summed E-state index contributed by atoms with van der Waals surface area (Å²) < 4.78 is 0. The molecule has 104 valence electrons. The fourth-order valence-electron chi connectivity index (χ4n) is 2.45. The van der Waals surface area contributed by atoms with Gasteiger partial charge in [-0.1, -0.05) is 29.8 Å². The molecule has 1 fully saturated rings. The molecule has 0 aromatic heterocycles. The highest BCUT2D eigenvalue weighted by atomic mass is 16.2. The molecule has 1 aliphatic heterocycles. The van der Waals surface area contributed by atoms with Crippen molar-refractivity contribution >= 4 is 5.91 Å². The molecule has 0 unspecified atom stereocenters. The number of carbonyl (C=O) groups excluding carboxylic acids is 1. The summed E-state index contributed by atoms with van der Waals surface area (Å²) in [6, 6.07) is 8.60. The van der Waals surface area contributed by atoms with Crippen molar-refractivity contribution in [2.45, 2.75) is 32.6 Å². The Morgan fingerprint density at radius 1 is 1.21 bits per heavy atom. The van der Waals surface area contributed by atoms with Gasteiger partial charge in [-0.25, -0.2) is 0 Å². The Kier molecular flexibility index (Phi) is 5.40.